The molecule has 1 saturated heterocycles. The standard InChI is InChI=1S/C21H20F4N2O/c22-17-7-9-18(10-8-17)26-11-4-12-27(14-13-26)20(28)15-19(21(23,24)25)16-5-2-1-3-6-16/h1-3,5-10,15H,4,11-14H2/b19-15-. The summed E-state index contributed by atoms with van der Waals surface area (Å²) < 4.78 is 53.4. The second-order valence-corrected chi connectivity index (χ2v) is 6.56. The summed E-state index contributed by atoms with van der Waals surface area (Å²) in [5.41, 5.74) is -0.157. The molecule has 1 aliphatic rings. The lowest BCUT2D eigenvalue weighted by Crippen LogP contribution is -2.34. The second-order valence-electron chi connectivity index (χ2n) is 6.56. The third-order valence-corrected chi connectivity index (χ3v) is 4.66. The van der Waals surface area contributed by atoms with Crippen molar-refractivity contribution in [1.82, 2.24) is 4.90 Å². The van der Waals surface area contributed by atoms with Gasteiger partial charge in [0.05, 0.1) is 5.57 Å². The molecule has 1 heterocycles. The number of carbonyl (C=O) groups excluding carboxylic acids is 1. The van der Waals surface area contributed by atoms with Crippen molar-refractivity contribution in [1.29, 1.82) is 0 Å². The van der Waals surface area contributed by atoms with Crippen LogP contribution in [0, 0.1) is 5.82 Å². The summed E-state index contributed by atoms with van der Waals surface area (Å²) in [5, 5.41) is 0. The minimum atomic E-state index is -4.62. The molecule has 0 atom stereocenters. The number of benzene rings is 2. The number of carbonyl (C=O) groups is 1. The van der Waals surface area contributed by atoms with Crippen LogP contribution >= 0.6 is 0 Å². The van der Waals surface area contributed by atoms with Crippen molar-refractivity contribution in [2.75, 3.05) is 31.1 Å². The van der Waals surface area contributed by atoms with Crippen LogP contribution in [0.15, 0.2) is 60.7 Å². The van der Waals surface area contributed by atoms with Crippen LogP contribution in [-0.4, -0.2) is 43.2 Å². The Hall–Kier alpha value is -2.83. The van der Waals surface area contributed by atoms with E-state index in [1.165, 1.54) is 41.3 Å². The van der Waals surface area contributed by atoms with Crippen LogP contribution in [0.2, 0.25) is 0 Å². The quantitative estimate of drug-likeness (QED) is 0.567. The zero-order chi connectivity index (χ0) is 20.1. The fourth-order valence-corrected chi connectivity index (χ4v) is 3.21. The number of hydrogen-bond donors (Lipinski definition) is 0. The molecule has 0 bridgehead atoms. The van der Waals surface area contributed by atoms with Crippen molar-refractivity contribution >= 4 is 17.2 Å². The summed E-state index contributed by atoms with van der Waals surface area (Å²) in [7, 11) is 0. The smallest absolute Gasteiger partial charge is 0.370 e. The van der Waals surface area contributed by atoms with Crippen LogP contribution in [0.4, 0.5) is 23.2 Å². The van der Waals surface area contributed by atoms with E-state index in [1.54, 1.807) is 18.2 Å². The number of halogens is 4. The molecule has 3 rings (SSSR count). The van der Waals surface area contributed by atoms with Gasteiger partial charge in [0, 0.05) is 37.9 Å². The Balaban J connectivity index is 1.74. The van der Waals surface area contributed by atoms with Crippen molar-refractivity contribution in [3.05, 3.63) is 72.1 Å². The Morgan fingerprint density at radius 2 is 1.57 bits per heavy atom. The first-order valence-corrected chi connectivity index (χ1v) is 8.98. The number of allylic oxidation sites excluding steroid dienone is 1. The fourth-order valence-electron chi connectivity index (χ4n) is 3.21. The third-order valence-electron chi connectivity index (χ3n) is 4.66. The summed E-state index contributed by atoms with van der Waals surface area (Å²) in [6, 6.07) is 13.4. The average Bonchev–Trinajstić information content (AvgIpc) is 2.93. The Morgan fingerprint density at radius 3 is 2.21 bits per heavy atom. The van der Waals surface area contributed by atoms with Crippen molar-refractivity contribution in [2.24, 2.45) is 0 Å². The van der Waals surface area contributed by atoms with Gasteiger partial charge < -0.3 is 9.80 Å². The molecule has 1 aliphatic heterocycles. The Bertz CT molecular complexity index is 832. The van der Waals surface area contributed by atoms with Gasteiger partial charge >= 0.3 is 6.18 Å². The first kappa shape index (κ1) is 19.9. The molecule has 28 heavy (non-hydrogen) atoms. The highest BCUT2D eigenvalue weighted by atomic mass is 19.4. The van der Waals surface area contributed by atoms with E-state index in [2.05, 4.69) is 0 Å². The Morgan fingerprint density at radius 1 is 0.893 bits per heavy atom. The van der Waals surface area contributed by atoms with Crippen molar-refractivity contribution in [3.63, 3.8) is 0 Å². The minimum Gasteiger partial charge on any atom is -0.370 e. The van der Waals surface area contributed by atoms with Crippen LogP contribution in [0.25, 0.3) is 5.57 Å². The molecular formula is C21H20F4N2O. The van der Waals surface area contributed by atoms with Crippen molar-refractivity contribution in [2.45, 2.75) is 12.6 Å². The monoisotopic (exact) mass is 392 g/mol. The zero-order valence-corrected chi connectivity index (χ0v) is 15.1. The van der Waals surface area contributed by atoms with Crippen molar-refractivity contribution < 1.29 is 22.4 Å². The summed E-state index contributed by atoms with van der Waals surface area (Å²) in [5.74, 6) is -0.988. The molecule has 0 saturated carbocycles. The van der Waals surface area contributed by atoms with E-state index in [-0.39, 0.29) is 11.4 Å². The molecular weight excluding hydrogens is 372 g/mol. The van der Waals surface area contributed by atoms with Gasteiger partial charge in [0.1, 0.15) is 5.82 Å². The van der Waals surface area contributed by atoms with Crippen LogP contribution < -0.4 is 4.90 Å². The van der Waals surface area contributed by atoms with Gasteiger partial charge in [0.25, 0.3) is 0 Å². The Kier molecular flexibility index (Phi) is 6.02. The van der Waals surface area contributed by atoms with E-state index in [0.29, 0.717) is 38.7 Å². The SMILES string of the molecule is O=C(/C=C(/c1ccccc1)C(F)(F)F)N1CCCN(c2ccc(F)cc2)CC1. The van der Waals surface area contributed by atoms with Gasteiger partial charge in [-0.15, -0.1) is 0 Å². The van der Waals surface area contributed by atoms with Crippen LogP contribution in [0.5, 0.6) is 0 Å². The lowest BCUT2D eigenvalue weighted by Gasteiger charge is -2.23. The maximum Gasteiger partial charge on any atom is 0.417 e. The summed E-state index contributed by atoms with van der Waals surface area (Å²) in [4.78, 5) is 16.0. The number of amides is 1. The average molecular weight is 392 g/mol. The van der Waals surface area contributed by atoms with Gasteiger partial charge in [-0.05, 0) is 36.2 Å². The highest BCUT2D eigenvalue weighted by Crippen LogP contribution is 2.33. The lowest BCUT2D eigenvalue weighted by atomic mass is 10.0. The number of nitrogens with zero attached hydrogens (tertiary/aromatic N) is 2. The second kappa shape index (κ2) is 8.46. The van der Waals surface area contributed by atoms with Crippen molar-refractivity contribution in [3.8, 4) is 0 Å². The molecule has 1 fully saturated rings. The van der Waals surface area contributed by atoms with E-state index < -0.39 is 17.7 Å². The fraction of sp³-hybridized carbons (Fsp3) is 0.286. The van der Waals surface area contributed by atoms with Crippen LogP contribution in [0.3, 0.4) is 0 Å². The third kappa shape index (κ3) is 4.91. The molecule has 0 unspecified atom stereocenters. The number of hydrogen-bond acceptors (Lipinski definition) is 2. The van der Waals surface area contributed by atoms with Gasteiger partial charge in [0.15, 0.2) is 0 Å². The molecule has 2 aromatic rings. The molecule has 2 aromatic carbocycles. The molecule has 0 N–H and O–H groups in total. The largest absolute Gasteiger partial charge is 0.417 e. The number of rotatable bonds is 3. The van der Waals surface area contributed by atoms with Gasteiger partial charge in [-0.3, -0.25) is 4.79 Å². The highest BCUT2D eigenvalue weighted by molar-refractivity contribution is 5.96. The predicted molar refractivity (Wildman–Crippen MR) is 100 cm³/mol. The number of alkyl halides is 3. The topological polar surface area (TPSA) is 23.6 Å². The molecule has 7 heteroatoms. The predicted octanol–water partition coefficient (Wildman–Crippen LogP) is 4.51. The molecule has 1 amide bonds. The van der Waals surface area contributed by atoms with Crippen LogP contribution in [0.1, 0.15) is 12.0 Å². The zero-order valence-electron chi connectivity index (χ0n) is 15.1. The molecule has 0 spiro atoms. The van der Waals surface area contributed by atoms with E-state index in [9.17, 15) is 22.4 Å². The van der Waals surface area contributed by atoms with E-state index in [1.807, 2.05) is 4.90 Å². The normalized spacial score (nSPS) is 16.1. The van der Waals surface area contributed by atoms with Crippen LogP contribution in [-0.2, 0) is 4.79 Å². The first-order chi connectivity index (χ1) is 13.3. The van der Waals surface area contributed by atoms with Gasteiger partial charge in [-0.2, -0.15) is 13.2 Å². The van der Waals surface area contributed by atoms with E-state index in [4.69, 9.17) is 0 Å². The van der Waals surface area contributed by atoms with Gasteiger partial charge in [-0.25, -0.2) is 4.39 Å². The minimum absolute atomic E-state index is 0.0360. The molecule has 3 nitrogen and oxygen atoms in total. The summed E-state index contributed by atoms with van der Waals surface area (Å²) in [6.07, 6.45) is -3.32. The Labute approximate surface area is 160 Å². The maximum atomic E-state index is 13.5. The first-order valence-electron chi connectivity index (χ1n) is 8.98. The van der Waals surface area contributed by atoms with Gasteiger partial charge in [0.2, 0.25) is 5.91 Å². The van der Waals surface area contributed by atoms with E-state index in [0.717, 1.165) is 5.69 Å². The number of anilines is 1. The summed E-state index contributed by atoms with van der Waals surface area (Å²) >= 11 is 0. The highest BCUT2D eigenvalue weighted by Gasteiger charge is 2.35. The lowest BCUT2D eigenvalue weighted by molar-refractivity contribution is -0.126. The summed E-state index contributed by atoms with van der Waals surface area (Å²) in [6.45, 7) is 1.78. The molecule has 148 valence electrons. The molecule has 0 aromatic heterocycles. The molecule has 0 aliphatic carbocycles. The van der Waals surface area contributed by atoms with Gasteiger partial charge in [-0.1, -0.05) is 30.3 Å². The van der Waals surface area contributed by atoms with E-state index >= 15 is 0 Å². The maximum absolute atomic E-state index is 13.5. The molecule has 0 radical (unpaired) electrons.